The molecular weight excluding hydrogens is 258 g/mol. The van der Waals surface area contributed by atoms with Crippen molar-refractivity contribution in [1.82, 2.24) is 10.6 Å². The van der Waals surface area contributed by atoms with Crippen molar-refractivity contribution in [3.8, 4) is 0 Å². The highest BCUT2D eigenvalue weighted by Gasteiger charge is 2.29. The van der Waals surface area contributed by atoms with Crippen LogP contribution >= 0.6 is 0 Å². The first-order chi connectivity index (χ1) is 9.41. The summed E-state index contributed by atoms with van der Waals surface area (Å²) >= 11 is 0. The Morgan fingerprint density at radius 3 is 2.55 bits per heavy atom. The van der Waals surface area contributed by atoms with E-state index in [1.165, 1.54) is 0 Å². The van der Waals surface area contributed by atoms with Crippen molar-refractivity contribution in [2.45, 2.75) is 44.8 Å². The molecule has 0 atom stereocenters. The monoisotopic (exact) mass is 287 g/mol. The number of ether oxygens (including phenoxy) is 2. The van der Waals surface area contributed by atoms with E-state index in [1.807, 2.05) is 20.8 Å². The Hall–Kier alpha value is -0.850. The molecule has 0 aromatic carbocycles. The van der Waals surface area contributed by atoms with Crippen LogP contribution in [0.3, 0.4) is 0 Å². The average Bonchev–Trinajstić information content (AvgIpc) is 2.43. The molecule has 0 aromatic heterocycles. The summed E-state index contributed by atoms with van der Waals surface area (Å²) in [5, 5.41) is 16.8. The van der Waals surface area contributed by atoms with Crippen molar-refractivity contribution >= 4 is 5.96 Å². The second-order valence-electron chi connectivity index (χ2n) is 5.85. The molecular formula is C14H29N3O3. The minimum Gasteiger partial charge on any atom is -0.388 e. The number of nitrogens with zero attached hydrogens (tertiary/aromatic N) is 1. The first-order valence-electron chi connectivity index (χ1n) is 7.28. The lowest BCUT2D eigenvalue weighted by Gasteiger charge is -2.32. The largest absolute Gasteiger partial charge is 0.388 e. The zero-order chi connectivity index (χ0) is 15.1. The van der Waals surface area contributed by atoms with Crippen molar-refractivity contribution in [3.05, 3.63) is 0 Å². The van der Waals surface area contributed by atoms with Gasteiger partial charge in [0, 0.05) is 46.3 Å². The van der Waals surface area contributed by atoms with E-state index in [0.717, 1.165) is 6.54 Å². The lowest BCUT2D eigenvalue weighted by molar-refractivity contribution is -0.0594. The van der Waals surface area contributed by atoms with Gasteiger partial charge < -0.3 is 25.2 Å². The molecule has 0 unspecified atom stereocenters. The van der Waals surface area contributed by atoms with Crippen molar-refractivity contribution < 1.29 is 14.6 Å². The van der Waals surface area contributed by atoms with E-state index >= 15 is 0 Å². The Bertz CT molecular complexity index is 313. The van der Waals surface area contributed by atoms with E-state index < -0.39 is 5.60 Å². The Labute approximate surface area is 121 Å². The molecule has 0 aliphatic carbocycles. The van der Waals surface area contributed by atoms with Crippen LogP contribution in [0.1, 0.15) is 33.6 Å². The van der Waals surface area contributed by atoms with E-state index in [-0.39, 0.29) is 5.60 Å². The molecule has 1 saturated heterocycles. The smallest absolute Gasteiger partial charge is 0.191 e. The first kappa shape index (κ1) is 17.2. The molecule has 3 N–H and O–H groups in total. The van der Waals surface area contributed by atoms with Crippen molar-refractivity contribution in [1.29, 1.82) is 0 Å². The van der Waals surface area contributed by atoms with Gasteiger partial charge in [0.15, 0.2) is 5.96 Å². The third kappa shape index (κ3) is 6.07. The number of methoxy groups -OCH3 is 1. The Kier molecular flexibility index (Phi) is 6.71. The van der Waals surface area contributed by atoms with Crippen molar-refractivity contribution in [3.63, 3.8) is 0 Å². The van der Waals surface area contributed by atoms with Gasteiger partial charge in [0.05, 0.1) is 17.7 Å². The van der Waals surface area contributed by atoms with Gasteiger partial charge in [-0.1, -0.05) is 0 Å². The van der Waals surface area contributed by atoms with Crippen LogP contribution in [-0.4, -0.2) is 62.2 Å². The Balaban J connectivity index is 2.51. The molecule has 0 radical (unpaired) electrons. The summed E-state index contributed by atoms with van der Waals surface area (Å²) in [4.78, 5) is 4.50. The fraction of sp³-hybridized carbons (Fsp3) is 0.929. The van der Waals surface area contributed by atoms with E-state index in [1.54, 1.807) is 7.11 Å². The summed E-state index contributed by atoms with van der Waals surface area (Å²) in [7, 11) is 1.68. The molecule has 0 amide bonds. The van der Waals surface area contributed by atoms with Crippen LogP contribution in [0.2, 0.25) is 0 Å². The average molecular weight is 287 g/mol. The van der Waals surface area contributed by atoms with Gasteiger partial charge in [-0.3, -0.25) is 4.99 Å². The van der Waals surface area contributed by atoms with Crippen LogP contribution in [0.4, 0.5) is 0 Å². The SMILES string of the molecule is CCNC(=NCC(C)(C)OC)NCC1(O)CCOCC1. The van der Waals surface area contributed by atoms with E-state index in [0.29, 0.717) is 45.1 Å². The fourth-order valence-corrected chi connectivity index (χ4v) is 1.85. The first-order valence-corrected chi connectivity index (χ1v) is 7.28. The lowest BCUT2D eigenvalue weighted by atomic mass is 9.94. The lowest BCUT2D eigenvalue weighted by Crippen LogP contribution is -2.50. The van der Waals surface area contributed by atoms with Gasteiger partial charge in [0.1, 0.15) is 0 Å². The highest BCUT2D eigenvalue weighted by Crippen LogP contribution is 2.19. The van der Waals surface area contributed by atoms with E-state index in [4.69, 9.17) is 9.47 Å². The van der Waals surface area contributed by atoms with Crippen molar-refractivity contribution in [2.24, 2.45) is 4.99 Å². The van der Waals surface area contributed by atoms with Crippen LogP contribution in [0.15, 0.2) is 4.99 Å². The molecule has 1 aliphatic heterocycles. The number of guanidine groups is 1. The number of aliphatic imine (C=N–C) groups is 1. The van der Waals surface area contributed by atoms with Gasteiger partial charge in [0.2, 0.25) is 0 Å². The van der Waals surface area contributed by atoms with Crippen LogP contribution in [0.5, 0.6) is 0 Å². The highest BCUT2D eigenvalue weighted by atomic mass is 16.5. The number of aliphatic hydroxyl groups is 1. The van der Waals surface area contributed by atoms with E-state index in [9.17, 15) is 5.11 Å². The topological polar surface area (TPSA) is 75.1 Å². The molecule has 0 bridgehead atoms. The number of rotatable bonds is 6. The zero-order valence-corrected chi connectivity index (χ0v) is 13.2. The zero-order valence-electron chi connectivity index (χ0n) is 13.2. The minimum absolute atomic E-state index is 0.294. The third-order valence-electron chi connectivity index (χ3n) is 3.52. The predicted octanol–water partition coefficient (Wildman–Crippen LogP) is 0.508. The van der Waals surface area contributed by atoms with Crippen LogP contribution < -0.4 is 10.6 Å². The molecule has 1 fully saturated rings. The predicted molar refractivity (Wildman–Crippen MR) is 80.1 cm³/mol. The second kappa shape index (κ2) is 7.81. The summed E-state index contributed by atoms with van der Waals surface area (Å²) in [6, 6.07) is 0. The molecule has 1 aliphatic rings. The molecule has 6 heteroatoms. The van der Waals surface area contributed by atoms with Gasteiger partial charge in [-0.05, 0) is 20.8 Å². The normalized spacial score (nSPS) is 19.8. The standard InChI is InChI=1S/C14H29N3O3/c1-5-15-12(16-10-13(2,3)19-4)17-11-14(18)6-8-20-9-7-14/h18H,5-11H2,1-4H3,(H2,15,16,17). The summed E-state index contributed by atoms with van der Waals surface area (Å²) in [5.74, 6) is 0.706. The molecule has 1 rings (SSSR count). The molecule has 0 spiro atoms. The maximum absolute atomic E-state index is 10.4. The summed E-state index contributed by atoms with van der Waals surface area (Å²) in [6.45, 7) is 9.04. The molecule has 0 aromatic rings. The molecule has 1 heterocycles. The fourth-order valence-electron chi connectivity index (χ4n) is 1.85. The summed E-state index contributed by atoms with van der Waals surface area (Å²) in [6.07, 6.45) is 1.31. The van der Waals surface area contributed by atoms with Gasteiger partial charge in [-0.2, -0.15) is 0 Å². The van der Waals surface area contributed by atoms with Gasteiger partial charge >= 0.3 is 0 Å². The summed E-state index contributed by atoms with van der Waals surface area (Å²) in [5.41, 5.74) is -0.997. The van der Waals surface area contributed by atoms with Gasteiger partial charge in [-0.15, -0.1) is 0 Å². The number of hydrogen-bond acceptors (Lipinski definition) is 4. The maximum atomic E-state index is 10.4. The Morgan fingerprint density at radius 2 is 2.00 bits per heavy atom. The highest BCUT2D eigenvalue weighted by molar-refractivity contribution is 5.79. The molecule has 0 saturated carbocycles. The summed E-state index contributed by atoms with van der Waals surface area (Å²) < 4.78 is 10.6. The quantitative estimate of drug-likeness (QED) is 0.490. The molecule has 6 nitrogen and oxygen atoms in total. The van der Waals surface area contributed by atoms with Crippen molar-refractivity contribution in [2.75, 3.05) is 40.0 Å². The van der Waals surface area contributed by atoms with Gasteiger partial charge in [0.25, 0.3) is 0 Å². The maximum Gasteiger partial charge on any atom is 0.191 e. The van der Waals surface area contributed by atoms with Crippen LogP contribution in [0, 0.1) is 0 Å². The third-order valence-corrected chi connectivity index (χ3v) is 3.52. The van der Waals surface area contributed by atoms with Gasteiger partial charge in [-0.25, -0.2) is 0 Å². The van der Waals surface area contributed by atoms with Crippen LogP contribution in [0.25, 0.3) is 0 Å². The molecule has 118 valence electrons. The molecule has 20 heavy (non-hydrogen) atoms. The minimum atomic E-state index is -0.703. The number of nitrogens with one attached hydrogen (secondary N) is 2. The van der Waals surface area contributed by atoms with Crippen LogP contribution in [-0.2, 0) is 9.47 Å². The Morgan fingerprint density at radius 1 is 1.35 bits per heavy atom. The second-order valence-corrected chi connectivity index (χ2v) is 5.85. The number of hydrogen-bond donors (Lipinski definition) is 3. The van der Waals surface area contributed by atoms with E-state index in [2.05, 4.69) is 15.6 Å².